The summed E-state index contributed by atoms with van der Waals surface area (Å²) in [5.74, 6) is -0.759. The number of guanidine groups is 1. The normalized spacial score (nSPS) is 16.2. The molecular weight excluding hydrogens is 443 g/mol. The Morgan fingerprint density at radius 3 is 2.64 bits per heavy atom. The number of hydrogen-bond donors (Lipinski definition) is 3. The molecular formula is C17H26F2IN3O2. The summed E-state index contributed by atoms with van der Waals surface area (Å²) in [5.41, 5.74) is -0.698. The molecule has 0 radical (unpaired) electrons. The van der Waals surface area contributed by atoms with E-state index in [-0.39, 0.29) is 36.3 Å². The van der Waals surface area contributed by atoms with E-state index >= 15 is 0 Å². The van der Waals surface area contributed by atoms with Crippen molar-refractivity contribution in [2.24, 2.45) is 4.99 Å². The highest BCUT2D eigenvalue weighted by atomic mass is 127. The fourth-order valence-electron chi connectivity index (χ4n) is 2.68. The Kier molecular flexibility index (Phi) is 9.41. The third-order valence-corrected chi connectivity index (χ3v) is 3.96. The van der Waals surface area contributed by atoms with E-state index in [4.69, 9.17) is 4.74 Å². The second-order valence-corrected chi connectivity index (χ2v) is 5.98. The van der Waals surface area contributed by atoms with Crippen molar-refractivity contribution in [3.63, 3.8) is 0 Å². The van der Waals surface area contributed by atoms with Crippen LogP contribution in [0.15, 0.2) is 23.2 Å². The van der Waals surface area contributed by atoms with E-state index in [1.54, 1.807) is 0 Å². The molecule has 0 saturated heterocycles. The molecule has 1 fully saturated rings. The smallest absolute Gasteiger partial charge is 0.191 e. The molecule has 0 aliphatic heterocycles. The Morgan fingerprint density at radius 2 is 2.00 bits per heavy atom. The Bertz CT molecular complexity index is 567. The molecule has 0 heterocycles. The van der Waals surface area contributed by atoms with E-state index in [9.17, 15) is 13.9 Å². The first-order chi connectivity index (χ1) is 11.5. The summed E-state index contributed by atoms with van der Waals surface area (Å²) in [7, 11) is 0. The molecule has 2 rings (SSSR count). The van der Waals surface area contributed by atoms with Gasteiger partial charge in [-0.3, -0.25) is 4.99 Å². The van der Waals surface area contributed by atoms with Crippen LogP contribution in [0, 0.1) is 11.6 Å². The van der Waals surface area contributed by atoms with Crippen LogP contribution in [0.25, 0.3) is 0 Å². The summed E-state index contributed by atoms with van der Waals surface area (Å²) in [6.45, 7) is 3.61. The molecule has 0 atom stereocenters. The number of nitrogens with zero attached hydrogens (tertiary/aromatic N) is 1. The SMILES string of the molecule is CCNC(=NCC1(O)CCCC1)NCCOc1ccc(F)cc1F.I. The maximum atomic E-state index is 13.4. The molecule has 0 amide bonds. The number of rotatable bonds is 7. The minimum Gasteiger partial charge on any atom is -0.489 e. The Labute approximate surface area is 164 Å². The minimum atomic E-state index is -0.723. The van der Waals surface area contributed by atoms with E-state index in [0.717, 1.165) is 37.8 Å². The predicted molar refractivity (Wildman–Crippen MR) is 105 cm³/mol. The van der Waals surface area contributed by atoms with Crippen LogP contribution in [0.4, 0.5) is 8.78 Å². The summed E-state index contributed by atoms with van der Waals surface area (Å²) in [5, 5.41) is 16.5. The van der Waals surface area contributed by atoms with Gasteiger partial charge in [-0.25, -0.2) is 8.78 Å². The molecule has 8 heteroatoms. The molecule has 1 aromatic carbocycles. The lowest BCUT2D eigenvalue weighted by Crippen LogP contribution is -2.41. The zero-order valence-electron chi connectivity index (χ0n) is 14.4. The average molecular weight is 469 g/mol. The van der Waals surface area contributed by atoms with Crippen LogP contribution >= 0.6 is 24.0 Å². The van der Waals surface area contributed by atoms with Gasteiger partial charge >= 0.3 is 0 Å². The lowest BCUT2D eigenvalue weighted by atomic mass is 10.0. The van der Waals surface area contributed by atoms with Crippen molar-refractivity contribution in [3.8, 4) is 5.75 Å². The first kappa shape index (κ1) is 21.9. The first-order valence-electron chi connectivity index (χ1n) is 8.35. The molecule has 1 aliphatic rings. The minimum absolute atomic E-state index is 0. The van der Waals surface area contributed by atoms with E-state index < -0.39 is 17.2 Å². The van der Waals surface area contributed by atoms with Gasteiger partial charge in [0.15, 0.2) is 17.5 Å². The van der Waals surface area contributed by atoms with E-state index in [1.165, 1.54) is 6.07 Å². The zero-order valence-corrected chi connectivity index (χ0v) is 16.7. The molecule has 1 aromatic rings. The van der Waals surface area contributed by atoms with Gasteiger partial charge in [-0.05, 0) is 31.9 Å². The van der Waals surface area contributed by atoms with Gasteiger partial charge in [0.1, 0.15) is 12.4 Å². The van der Waals surface area contributed by atoms with Gasteiger partial charge in [-0.15, -0.1) is 24.0 Å². The molecule has 0 bridgehead atoms. The van der Waals surface area contributed by atoms with E-state index in [2.05, 4.69) is 15.6 Å². The predicted octanol–water partition coefficient (Wildman–Crippen LogP) is 2.82. The van der Waals surface area contributed by atoms with Gasteiger partial charge in [0.05, 0.1) is 18.7 Å². The van der Waals surface area contributed by atoms with Gasteiger partial charge in [0.25, 0.3) is 0 Å². The third kappa shape index (κ3) is 7.31. The van der Waals surface area contributed by atoms with Crippen molar-refractivity contribution in [2.75, 3.05) is 26.2 Å². The lowest BCUT2D eigenvalue weighted by molar-refractivity contribution is 0.0574. The van der Waals surface area contributed by atoms with Crippen LogP contribution in [0.5, 0.6) is 5.75 Å². The quantitative estimate of drug-likeness (QED) is 0.249. The zero-order chi connectivity index (χ0) is 17.4. The highest BCUT2D eigenvalue weighted by molar-refractivity contribution is 14.0. The molecule has 142 valence electrons. The number of aliphatic imine (C=N–C) groups is 1. The maximum absolute atomic E-state index is 13.4. The van der Waals surface area contributed by atoms with Crippen LogP contribution in [0.3, 0.4) is 0 Å². The Hall–Kier alpha value is -1.16. The third-order valence-electron chi connectivity index (χ3n) is 3.96. The first-order valence-corrected chi connectivity index (χ1v) is 8.35. The fourth-order valence-corrected chi connectivity index (χ4v) is 2.68. The molecule has 0 aromatic heterocycles. The van der Waals surface area contributed by atoms with Crippen molar-refractivity contribution in [1.29, 1.82) is 0 Å². The number of nitrogens with one attached hydrogen (secondary N) is 2. The van der Waals surface area contributed by atoms with Crippen molar-refractivity contribution in [2.45, 2.75) is 38.2 Å². The van der Waals surface area contributed by atoms with Crippen LogP contribution in [-0.2, 0) is 0 Å². The summed E-state index contributed by atoms with van der Waals surface area (Å²) in [4.78, 5) is 4.41. The number of benzene rings is 1. The maximum Gasteiger partial charge on any atom is 0.191 e. The molecule has 25 heavy (non-hydrogen) atoms. The molecule has 1 saturated carbocycles. The van der Waals surface area contributed by atoms with Gasteiger partial charge in [0, 0.05) is 12.6 Å². The molecule has 0 unspecified atom stereocenters. The monoisotopic (exact) mass is 469 g/mol. The Morgan fingerprint density at radius 1 is 1.28 bits per heavy atom. The highest BCUT2D eigenvalue weighted by Gasteiger charge is 2.30. The molecule has 3 N–H and O–H groups in total. The Balaban J connectivity index is 0.00000312. The van der Waals surface area contributed by atoms with Crippen LogP contribution in [-0.4, -0.2) is 42.9 Å². The topological polar surface area (TPSA) is 65.9 Å². The van der Waals surface area contributed by atoms with Crippen LogP contribution in [0.2, 0.25) is 0 Å². The molecule has 1 aliphatic carbocycles. The van der Waals surface area contributed by atoms with E-state index in [0.29, 0.717) is 25.6 Å². The number of aliphatic hydroxyl groups is 1. The van der Waals surface area contributed by atoms with Gasteiger partial charge < -0.3 is 20.5 Å². The van der Waals surface area contributed by atoms with Crippen LogP contribution in [0.1, 0.15) is 32.6 Å². The lowest BCUT2D eigenvalue weighted by Gasteiger charge is -2.20. The summed E-state index contributed by atoms with van der Waals surface area (Å²) in [6.07, 6.45) is 3.63. The van der Waals surface area contributed by atoms with E-state index in [1.807, 2.05) is 6.92 Å². The average Bonchev–Trinajstić information content (AvgIpc) is 2.98. The summed E-state index contributed by atoms with van der Waals surface area (Å²) in [6, 6.07) is 3.20. The van der Waals surface area contributed by atoms with Crippen molar-refractivity contribution in [3.05, 3.63) is 29.8 Å². The van der Waals surface area contributed by atoms with Crippen molar-refractivity contribution < 1.29 is 18.6 Å². The number of ether oxygens (including phenoxy) is 1. The second kappa shape index (κ2) is 10.7. The number of hydrogen-bond acceptors (Lipinski definition) is 3. The summed E-state index contributed by atoms with van der Waals surface area (Å²) < 4.78 is 31.5. The van der Waals surface area contributed by atoms with Crippen LogP contribution < -0.4 is 15.4 Å². The van der Waals surface area contributed by atoms with Crippen molar-refractivity contribution >= 4 is 29.9 Å². The molecule has 0 spiro atoms. The largest absolute Gasteiger partial charge is 0.489 e. The highest BCUT2D eigenvalue weighted by Crippen LogP contribution is 2.29. The van der Waals surface area contributed by atoms with Gasteiger partial charge in [0.2, 0.25) is 0 Å². The number of halogens is 3. The van der Waals surface area contributed by atoms with Gasteiger partial charge in [-0.1, -0.05) is 12.8 Å². The second-order valence-electron chi connectivity index (χ2n) is 5.98. The van der Waals surface area contributed by atoms with Crippen molar-refractivity contribution in [1.82, 2.24) is 10.6 Å². The fraction of sp³-hybridized carbons (Fsp3) is 0.588. The summed E-state index contributed by atoms with van der Waals surface area (Å²) >= 11 is 0. The van der Waals surface area contributed by atoms with Gasteiger partial charge in [-0.2, -0.15) is 0 Å². The molecule has 5 nitrogen and oxygen atoms in total. The standard InChI is InChI=1S/C17H25F2N3O2.HI/c1-2-20-16(22-12-17(23)7-3-4-8-17)21-9-10-24-15-6-5-13(18)11-14(15)19;/h5-6,11,23H,2-4,7-10,12H2,1H3,(H2,20,21,22);1H.